The minimum absolute atomic E-state index is 0.0286. The molecule has 1 aromatic rings. The fraction of sp³-hybridized carbons (Fsp3) is 0.800. The summed E-state index contributed by atoms with van der Waals surface area (Å²) in [5.74, 6) is 0.656. The summed E-state index contributed by atoms with van der Waals surface area (Å²) in [4.78, 5) is 15.2. The van der Waals surface area contributed by atoms with Gasteiger partial charge in [0, 0.05) is 30.0 Å². The molecule has 0 bridgehead atoms. The minimum atomic E-state index is -0.130. The molecule has 2 atom stereocenters. The molecule has 0 aliphatic rings. The van der Waals surface area contributed by atoms with Crippen molar-refractivity contribution in [2.75, 3.05) is 19.6 Å². The van der Waals surface area contributed by atoms with E-state index in [4.69, 9.17) is 4.52 Å². The van der Waals surface area contributed by atoms with Crippen LogP contribution >= 0.6 is 0 Å². The average Bonchev–Trinajstić information content (AvgIpc) is 2.95. The van der Waals surface area contributed by atoms with Gasteiger partial charge in [-0.25, -0.2) is 0 Å². The predicted molar refractivity (Wildman–Crippen MR) is 103 cm³/mol. The molecule has 0 spiro atoms. The first-order valence-corrected chi connectivity index (χ1v) is 9.81. The van der Waals surface area contributed by atoms with Gasteiger partial charge in [-0.3, -0.25) is 4.79 Å². The molecule has 25 heavy (non-hydrogen) atoms. The third kappa shape index (κ3) is 5.56. The zero-order valence-electron chi connectivity index (χ0n) is 17.2. The summed E-state index contributed by atoms with van der Waals surface area (Å²) < 4.78 is 5.28. The first kappa shape index (κ1) is 21.7. The van der Waals surface area contributed by atoms with Crippen LogP contribution in [0.4, 0.5) is 0 Å². The third-order valence-electron chi connectivity index (χ3n) is 5.34. The Morgan fingerprint density at radius 3 is 2.44 bits per heavy atom. The SMILES string of the molecule is CCCN(CC)CC(C)(CCC)C(C)NC(=O)c1noc(CC)c1C. The van der Waals surface area contributed by atoms with E-state index in [1.54, 1.807) is 0 Å². The number of hydrogen-bond acceptors (Lipinski definition) is 4. The van der Waals surface area contributed by atoms with E-state index < -0.39 is 0 Å². The van der Waals surface area contributed by atoms with Crippen molar-refractivity contribution in [3.8, 4) is 0 Å². The van der Waals surface area contributed by atoms with Crippen molar-refractivity contribution < 1.29 is 9.32 Å². The fourth-order valence-corrected chi connectivity index (χ4v) is 3.53. The zero-order chi connectivity index (χ0) is 19.0. The van der Waals surface area contributed by atoms with Crippen molar-refractivity contribution in [3.05, 3.63) is 17.0 Å². The normalized spacial score (nSPS) is 15.2. The monoisotopic (exact) mass is 351 g/mol. The van der Waals surface area contributed by atoms with Crippen molar-refractivity contribution >= 4 is 5.91 Å². The molecule has 1 rings (SSSR count). The van der Waals surface area contributed by atoms with Gasteiger partial charge in [-0.2, -0.15) is 0 Å². The van der Waals surface area contributed by atoms with Crippen molar-refractivity contribution in [1.29, 1.82) is 0 Å². The van der Waals surface area contributed by atoms with Gasteiger partial charge in [-0.15, -0.1) is 0 Å². The molecule has 1 aromatic heterocycles. The number of aryl methyl sites for hydroxylation is 1. The maximum absolute atomic E-state index is 12.7. The van der Waals surface area contributed by atoms with E-state index >= 15 is 0 Å². The maximum Gasteiger partial charge on any atom is 0.273 e. The number of nitrogens with one attached hydrogen (secondary N) is 1. The summed E-state index contributed by atoms with van der Waals surface area (Å²) in [7, 11) is 0. The largest absolute Gasteiger partial charge is 0.360 e. The highest BCUT2D eigenvalue weighted by molar-refractivity contribution is 5.93. The second-order valence-electron chi connectivity index (χ2n) is 7.40. The molecule has 5 nitrogen and oxygen atoms in total. The van der Waals surface area contributed by atoms with E-state index in [1.807, 2.05) is 13.8 Å². The number of carbonyl (C=O) groups is 1. The molecular weight excluding hydrogens is 314 g/mol. The summed E-state index contributed by atoms with van der Waals surface area (Å²) in [5, 5.41) is 7.16. The Bertz CT molecular complexity index is 541. The zero-order valence-corrected chi connectivity index (χ0v) is 17.2. The van der Waals surface area contributed by atoms with E-state index in [0.29, 0.717) is 5.69 Å². The van der Waals surface area contributed by atoms with Gasteiger partial charge in [0.1, 0.15) is 5.76 Å². The number of rotatable bonds is 11. The van der Waals surface area contributed by atoms with Crippen LogP contribution in [-0.4, -0.2) is 41.6 Å². The topological polar surface area (TPSA) is 58.4 Å². The molecule has 1 heterocycles. The number of aromatic nitrogens is 1. The molecule has 1 N–H and O–H groups in total. The Labute approximate surface area is 153 Å². The highest BCUT2D eigenvalue weighted by Gasteiger charge is 2.34. The molecule has 0 aliphatic heterocycles. The van der Waals surface area contributed by atoms with Gasteiger partial charge in [0.15, 0.2) is 5.69 Å². The minimum Gasteiger partial charge on any atom is -0.360 e. The fourth-order valence-electron chi connectivity index (χ4n) is 3.53. The first-order chi connectivity index (χ1) is 11.8. The molecule has 1 amide bonds. The molecule has 0 aliphatic carbocycles. The predicted octanol–water partition coefficient (Wildman–Crippen LogP) is 4.20. The Morgan fingerprint density at radius 2 is 1.96 bits per heavy atom. The van der Waals surface area contributed by atoms with Crippen molar-refractivity contribution in [3.63, 3.8) is 0 Å². The average molecular weight is 352 g/mol. The summed E-state index contributed by atoms with van der Waals surface area (Å²) in [5.41, 5.74) is 1.30. The lowest BCUT2D eigenvalue weighted by Crippen LogP contribution is -2.50. The van der Waals surface area contributed by atoms with Crippen LogP contribution in [0, 0.1) is 12.3 Å². The standard InChI is InChI=1S/C20H37N3O2/c1-8-12-20(7,14-23(11-4)13-9-2)16(6)21-19(24)18-15(5)17(10-3)25-22-18/h16H,8-14H2,1-7H3,(H,21,24). The molecule has 0 fully saturated rings. The van der Waals surface area contributed by atoms with Gasteiger partial charge in [0.25, 0.3) is 5.91 Å². The molecule has 2 unspecified atom stereocenters. The Balaban J connectivity index is 2.88. The lowest BCUT2D eigenvalue weighted by Gasteiger charge is -2.40. The van der Waals surface area contributed by atoms with Gasteiger partial charge in [-0.05, 0) is 39.8 Å². The summed E-state index contributed by atoms with van der Waals surface area (Å²) >= 11 is 0. The molecule has 144 valence electrons. The summed E-state index contributed by atoms with van der Waals surface area (Å²) in [6, 6.07) is 0.0621. The van der Waals surface area contributed by atoms with Crippen LogP contribution < -0.4 is 5.32 Å². The summed E-state index contributed by atoms with van der Waals surface area (Å²) in [6.45, 7) is 18.1. The smallest absolute Gasteiger partial charge is 0.273 e. The number of hydrogen-bond donors (Lipinski definition) is 1. The number of carbonyl (C=O) groups excluding carboxylic acids is 1. The van der Waals surface area contributed by atoms with Crippen LogP contribution in [0.1, 0.15) is 82.6 Å². The molecule has 0 aromatic carbocycles. The van der Waals surface area contributed by atoms with E-state index in [-0.39, 0.29) is 17.4 Å². The Hall–Kier alpha value is -1.36. The number of nitrogens with zero attached hydrogens (tertiary/aromatic N) is 2. The molecule has 0 saturated heterocycles. The second kappa shape index (κ2) is 9.95. The molecule has 0 radical (unpaired) electrons. The third-order valence-corrected chi connectivity index (χ3v) is 5.34. The summed E-state index contributed by atoms with van der Waals surface area (Å²) in [6.07, 6.45) is 4.07. The van der Waals surface area contributed by atoms with Crippen LogP contribution in [-0.2, 0) is 6.42 Å². The van der Waals surface area contributed by atoms with E-state index in [1.165, 1.54) is 0 Å². The van der Waals surface area contributed by atoms with Crippen LogP contribution in [0.15, 0.2) is 4.52 Å². The van der Waals surface area contributed by atoms with Crippen molar-refractivity contribution in [2.45, 2.75) is 80.2 Å². The Morgan fingerprint density at radius 1 is 1.28 bits per heavy atom. The quantitative estimate of drug-likeness (QED) is 0.649. The van der Waals surface area contributed by atoms with Gasteiger partial charge in [0.05, 0.1) is 0 Å². The maximum atomic E-state index is 12.7. The highest BCUT2D eigenvalue weighted by atomic mass is 16.5. The van der Waals surface area contributed by atoms with Crippen LogP contribution in [0.3, 0.4) is 0 Å². The first-order valence-electron chi connectivity index (χ1n) is 9.81. The Kier molecular flexibility index (Phi) is 8.63. The molecular formula is C20H37N3O2. The second-order valence-corrected chi connectivity index (χ2v) is 7.40. The van der Waals surface area contributed by atoms with Crippen LogP contribution in [0.2, 0.25) is 0 Å². The van der Waals surface area contributed by atoms with E-state index in [9.17, 15) is 4.79 Å². The lowest BCUT2D eigenvalue weighted by molar-refractivity contribution is 0.0814. The van der Waals surface area contributed by atoms with Crippen LogP contribution in [0.5, 0.6) is 0 Å². The van der Waals surface area contributed by atoms with E-state index in [0.717, 1.165) is 56.6 Å². The van der Waals surface area contributed by atoms with Gasteiger partial charge < -0.3 is 14.7 Å². The van der Waals surface area contributed by atoms with Gasteiger partial charge in [-0.1, -0.05) is 46.2 Å². The number of amides is 1. The van der Waals surface area contributed by atoms with Crippen molar-refractivity contribution in [2.24, 2.45) is 5.41 Å². The van der Waals surface area contributed by atoms with Crippen molar-refractivity contribution in [1.82, 2.24) is 15.4 Å². The molecule has 0 saturated carbocycles. The van der Waals surface area contributed by atoms with Crippen LogP contribution in [0.25, 0.3) is 0 Å². The van der Waals surface area contributed by atoms with E-state index in [2.05, 4.69) is 50.0 Å². The molecule has 5 heteroatoms. The highest BCUT2D eigenvalue weighted by Crippen LogP contribution is 2.29. The lowest BCUT2D eigenvalue weighted by atomic mass is 9.78. The van der Waals surface area contributed by atoms with Gasteiger partial charge in [0.2, 0.25) is 0 Å². The van der Waals surface area contributed by atoms with Gasteiger partial charge >= 0.3 is 0 Å².